The van der Waals surface area contributed by atoms with Gasteiger partial charge >= 0.3 is 0 Å². The van der Waals surface area contributed by atoms with Crippen LogP contribution >= 0.6 is 0 Å². The lowest BCUT2D eigenvalue weighted by molar-refractivity contribution is 0.0953. The summed E-state index contributed by atoms with van der Waals surface area (Å²) >= 11 is 0. The molecule has 1 atom stereocenters. The molecule has 1 aliphatic carbocycles. The molecular weight excluding hydrogens is 345 g/mol. The third-order valence-corrected chi connectivity index (χ3v) is 4.76. The number of halogens is 1. The van der Waals surface area contributed by atoms with Crippen molar-refractivity contribution in [2.24, 2.45) is 5.92 Å². The first-order valence-electron chi connectivity index (χ1n) is 8.87. The van der Waals surface area contributed by atoms with E-state index in [0.717, 1.165) is 29.2 Å². The lowest BCUT2D eigenvalue weighted by Gasteiger charge is -2.19. The number of anilines is 2. The minimum atomic E-state index is -0.305. The van der Waals surface area contributed by atoms with Gasteiger partial charge in [0.1, 0.15) is 11.6 Å². The van der Waals surface area contributed by atoms with Crippen LogP contribution in [-0.2, 0) is 6.42 Å². The lowest BCUT2D eigenvalue weighted by atomic mass is 9.87. The molecule has 3 aromatic rings. The van der Waals surface area contributed by atoms with Gasteiger partial charge in [-0.1, -0.05) is 6.92 Å². The van der Waals surface area contributed by atoms with Crippen molar-refractivity contribution in [3.8, 4) is 11.4 Å². The van der Waals surface area contributed by atoms with Gasteiger partial charge < -0.3 is 10.1 Å². The van der Waals surface area contributed by atoms with Crippen molar-refractivity contribution in [1.82, 2.24) is 9.78 Å². The number of fused-ring (bicyclic) bond motifs is 1. The Labute approximate surface area is 156 Å². The molecule has 2 aromatic carbocycles. The van der Waals surface area contributed by atoms with Crippen LogP contribution in [0.25, 0.3) is 5.69 Å². The van der Waals surface area contributed by atoms with Gasteiger partial charge in [-0.3, -0.25) is 4.79 Å². The Morgan fingerprint density at radius 3 is 2.48 bits per heavy atom. The van der Waals surface area contributed by atoms with Gasteiger partial charge in [0.15, 0.2) is 11.6 Å². The van der Waals surface area contributed by atoms with E-state index in [1.807, 2.05) is 24.3 Å². The molecule has 0 saturated heterocycles. The number of benzene rings is 2. The van der Waals surface area contributed by atoms with Crippen LogP contribution in [0.15, 0.2) is 48.5 Å². The van der Waals surface area contributed by atoms with E-state index >= 15 is 0 Å². The van der Waals surface area contributed by atoms with E-state index in [1.165, 1.54) is 12.1 Å². The Balaban J connectivity index is 1.78. The van der Waals surface area contributed by atoms with Crippen LogP contribution in [0, 0.1) is 11.7 Å². The SMILES string of the molecule is COc1ccc(Nc2nn(-c3ccc(F)cc3)c3c2C(=O)CC(C)C3)cc1. The molecule has 0 spiro atoms. The molecule has 0 fully saturated rings. The zero-order chi connectivity index (χ0) is 19.0. The van der Waals surface area contributed by atoms with Crippen LogP contribution in [0.4, 0.5) is 15.9 Å². The number of rotatable bonds is 4. The Bertz CT molecular complexity index is 978. The van der Waals surface area contributed by atoms with Gasteiger partial charge in [0.05, 0.1) is 24.1 Å². The van der Waals surface area contributed by atoms with E-state index in [4.69, 9.17) is 4.74 Å². The van der Waals surface area contributed by atoms with E-state index in [1.54, 1.807) is 23.9 Å². The molecule has 1 unspecified atom stereocenters. The minimum absolute atomic E-state index is 0.0770. The summed E-state index contributed by atoms with van der Waals surface area (Å²) in [6.07, 6.45) is 1.25. The van der Waals surface area contributed by atoms with Gasteiger partial charge in [0, 0.05) is 12.1 Å². The van der Waals surface area contributed by atoms with Gasteiger partial charge in [-0.2, -0.15) is 0 Å². The average molecular weight is 365 g/mol. The zero-order valence-electron chi connectivity index (χ0n) is 15.2. The van der Waals surface area contributed by atoms with Crippen LogP contribution in [0.2, 0.25) is 0 Å². The second-order valence-corrected chi connectivity index (χ2v) is 6.85. The molecule has 1 aliphatic rings. The molecule has 138 valence electrons. The summed E-state index contributed by atoms with van der Waals surface area (Å²) in [4.78, 5) is 12.7. The summed E-state index contributed by atoms with van der Waals surface area (Å²) in [5.74, 6) is 1.30. The van der Waals surface area contributed by atoms with Crippen molar-refractivity contribution in [1.29, 1.82) is 0 Å². The predicted octanol–water partition coefficient (Wildman–Crippen LogP) is 4.53. The van der Waals surface area contributed by atoms with Crippen molar-refractivity contribution in [2.75, 3.05) is 12.4 Å². The van der Waals surface area contributed by atoms with Gasteiger partial charge in [0.25, 0.3) is 0 Å². The normalized spacial score (nSPS) is 16.1. The molecular formula is C21H20FN3O2. The Kier molecular flexibility index (Phi) is 4.39. The van der Waals surface area contributed by atoms with Crippen LogP contribution in [0.3, 0.4) is 0 Å². The number of nitrogens with zero attached hydrogens (tertiary/aromatic N) is 2. The number of carbonyl (C=O) groups is 1. The molecule has 1 heterocycles. The molecule has 0 radical (unpaired) electrons. The number of hydrogen-bond donors (Lipinski definition) is 1. The number of methoxy groups -OCH3 is 1. The highest BCUT2D eigenvalue weighted by molar-refractivity contribution is 6.03. The number of Topliss-reactive ketones (excluding diaryl/α,β-unsaturated/α-hetero) is 1. The second-order valence-electron chi connectivity index (χ2n) is 6.85. The fourth-order valence-electron chi connectivity index (χ4n) is 3.45. The van der Waals surface area contributed by atoms with E-state index in [-0.39, 0.29) is 17.5 Å². The molecule has 1 aromatic heterocycles. The maximum absolute atomic E-state index is 13.3. The fourth-order valence-corrected chi connectivity index (χ4v) is 3.45. The zero-order valence-corrected chi connectivity index (χ0v) is 15.2. The Morgan fingerprint density at radius 1 is 1.11 bits per heavy atom. The van der Waals surface area contributed by atoms with Gasteiger partial charge in [-0.05, 0) is 60.9 Å². The van der Waals surface area contributed by atoms with E-state index in [9.17, 15) is 9.18 Å². The average Bonchev–Trinajstić information content (AvgIpc) is 3.01. The quantitative estimate of drug-likeness (QED) is 0.738. The monoisotopic (exact) mass is 365 g/mol. The van der Waals surface area contributed by atoms with Crippen molar-refractivity contribution >= 4 is 17.3 Å². The maximum atomic E-state index is 13.3. The van der Waals surface area contributed by atoms with Gasteiger partial charge in [0.2, 0.25) is 0 Å². The van der Waals surface area contributed by atoms with Crippen LogP contribution in [0.1, 0.15) is 29.4 Å². The minimum Gasteiger partial charge on any atom is -0.497 e. The van der Waals surface area contributed by atoms with Gasteiger partial charge in [-0.15, -0.1) is 5.10 Å². The summed E-state index contributed by atoms with van der Waals surface area (Å²) in [6, 6.07) is 13.6. The highest BCUT2D eigenvalue weighted by Gasteiger charge is 2.31. The van der Waals surface area contributed by atoms with Gasteiger partial charge in [-0.25, -0.2) is 9.07 Å². The first-order chi connectivity index (χ1) is 13.0. The molecule has 27 heavy (non-hydrogen) atoms. The van der Waals surface area contributed by atoms with Crippen LogP contribution in [-0.4, -0.2) is 22.7 Å². The summed E-state index contributed by atoms with van der Waals surface area (Å²) in [5.41, 5.74) is 3.03. The summed E-state index contributed by atoms with van der Waals surface area (Å²) in [7, 11) is 1.61. The molecule has 1 N–H and O–H groups in total. The highest BCUT2D eigenvalue weighted by Crippen LogP contribution is 2.34. The molecule has 0 aliphatic heterocycles. The first-order valence-corrected chi connectivity index (χ1v) is 8.87. The van der Waals surface area contributed by atoms with Crippen molar-refractivity contribution in [3.05, 3.63) is 65.6 Å². The number of nitrogens with one attached hydrogen (secondary N) is 1. The van der Waals surface area contributed by atoms with Crippen LogP contribution in [0.5, 0.6) is 5.75 Å². The van der Waals surface area contributed by atoms with Crippen molar-refractivity contribution in [3.63, 3.8) is 0 Å². The molecule has 0 bridgehead atoms. The molecule has 5 nitrogen and oxygen atoms in total. The molecule has 0 saturated carbocycles. The van der Waals surface area contributed by atoms with E-state index in [2.05, 4.69) is 17.3 Å². The van der Waals surface area contributed by atoms with Crippen molar-refractivity contribution in [2.45, 2.75) is 19.8 Å². The Hall–Kier alpha value is -3.15. The van der Waals surface area contributed by atoms with Crippen molar-refractivity contribution < 1.29 is 13.9 Å². The number of carbonyl (C=O) groups excluding carboxylic acids is 1. The first kappa shape index (κ1) is 17.3. The van der Waals surface area contributed by atoms with E-state index < -0.39 is 0 Å². The maximum Gasteiger partial charge on any atom is 0.168 e. The largest absolute Gasteiger partial charge is 0.497 e. The van der Waals surface area contributed by atoms with E-state index in [0.29, 0.717) is 17.8 Å². The Morgan fingerprint density at radius 2 is 1.81 bits per heavy atom. The molecule has 4 rings (SSSR count). The molecule has 6 heteroatoms. The smallest absolute Gasteiger partial charge is 0.168 e. The summed E-state index contributed by atoms with van der Waals surface area (Å²) in [6.45, 7) is 2.05. The molecule has 0 amide bonds. The standard InChI is InChI=1S/C21H20FN3O2/c1-13-11-18-20(19(26)12-13)21(23-15-5-9-17(27-2)10-6-15)24-25(18)16-7-3-14(22)4-8-16/h3-10,13H,11-12H2,1-2H3,(H,23,24). The topological polar surface area (TPSA) is 56.1 Å². The third kappa shape index (κ3) is 3.30. The summed E-state index contributed by atoms with van der Waals surface area (Å²) in [5, 5.41) is 7.89. The number of ether oxygens (including phenoxy) is 1. The summed E-state index contributed by atoms with van der Waals surface area (Å²) < 4.78 is 20.2. The number of ketones is 1. The lowest BCUT2D eigenvalue weighted by Crippen LogP contribution is -2.19. The number of aromatic nitrogens is 2. The number of hydrogen-bond acceptors (Lipinski definition) is 4. The third-order valence-electron chi connectivity index (χ3n) is 4.76. The fraction of sp³-hybridized carbons (Fsp3) is 0.238. The second kappa shape index (κ2) is 6.87. The predicted molar refractivity (Wildman–Crippen MR) is 102 cm³/mol. The van der Waals surface area contributed by atoms with Crippen LogP contribution < -0.4 is 10.1 Å². The highest BCUT2D eigenvalue weighted by atomic mass is 19.1.